The van der Waals surface area contributed by atoms with Gasteiger partial charge in [-0.2, -0.15) is 0 Å². The van der Waals surface area contributed by atoms with Crippen LogP contribution in [0, 0.1) is 0 Å². The van der Waals surface area contributed by atoms with Crippen molar-refractivity contribution in [3.8, 4) is 5.75 Å². The highest BCUT2D eigenvalue weighted by Crippen LogP contribution is 2.17. The summed E-state index contributed by atoms with van der Waals surface area (Å²) in [5, 5.41) is 2.91. The van der Waals surface area contributed by atoms with E-state index in [1.807, 2.05) is 48.5 Å². The van der Waals surface area contributed by atoms with Crippen LogP contribution in [-0.2, 0) is 6.54 Å². The lowest BCUT2D eigenvalue weighted by Gasteiger charge is -2.32. The predicted molar refractivity (Wildman–Crippen MR) is 123 cm³/mol. The van der Waals surface area contributed by atoms with Gasteiger partial charge in [0.2, 0.25) is 0 Å². The molecule has 1 aliphatic heterocycles. The molecular weight excluding hydrogens is 411 g/mol. The Labute approximate surface area is 185 Å². The average molecular weight is 441 g/mol. The van der Waals surface area contributed by atoms with Gasteiger partial charge in [-0.15, -0.1) is 24.8 Å². The highest BCUT2D eigenvalue weighted by atomic mass is 35.5. The minimum absolute atomic E-state index is 0. The van der Waals surface area contributed by atoms with Gasteiger partial charge in [0.25, 0.3) is 5.91 Å². The maximum Gasteiger partial charge on any atom is 0.255 e. The SMILES string of the molecule is CN1CCN(Cc2ccc(C(=O)Nc3ccc(OCCN)cc3)cc2)CC1.Cl.Cl. The van der Waals surface area contributed by atoms with Crippen molar-refractivity contribution in [3.63, 3.8) is 0 Å². The van der Waals surface area contributed by atoms with E-state index in [0.29, 0.717) is 18.7 Å². The molecule has 0 aromatic heterocycles. The zero-order chi connectivity index (χ0) is 19.1. The van der Waals surface area contributed by atoms with Crippen LogP contribution in [0.15, 0.2) is 48.5 Å². The Kier molecular flexibility index (Phi) is 11.0. The van der Waals surface area contributed by atoms with Gasteiger partial charge in [0.15, 0.2) is 0 Å². The molecule has 1 amide bonds. The van der Waals surface area contributed by atoms with Gasteiger partial charge in [0.05, 0.1) is 0 Å². The summed E-state index contributed by atoms with van der Waals surface area (Å²) >= 11 is 0. The van der Waals surface area contributed by atoms with Gasteiger partial charge in [0.1, 0.15) is 12.4 Å². The molecule has 0 spiro atoms. The number of likely N-dealkylation sites (N-methyl/N-ethyl adjacent to an activating group) is 1. The first-order valence-electron chi connectivity index (χ1n) is 9.38. The fourth-order valence-electron chi connectivity index (χ4n) is 3.04. The van der Waals surface area contributed by atoms with Crippen LogP contribution in [0.4, 0.5) is 5.69 Å². The molecule has 1 heterocycles. The highest BCUT2D eigenvalue weighted by Gasteiger charge is 2.14. The van der Waals surface area contributed by atoms with Crippen LogP contribution in [0.25, 0.3) is 0 Å². The van der Waals surface area contributed by atoms with Gasteiger partial charge in [-0.1, -0.05) is 12.1 Å². The third-order valence-corrected chi connectivity index (χ3v) is 4.72. The maximum absolute atomic E-state index is 12.4. The first-order valence-corrected chi connectivity index (χ1v) is 9.38. The van der Waals surface area contributed by atoms with Gasteiger partial charge in [-0.25, -0.2) is 0 Å². The topological polar surface area (TPSA) is 70.8 Å². The molecule has 0 aliphatic carbocycles. The number of piperazine rings is 1. The van der Waals surface area contributed by atoms with E-state index in [-0.39, 0.29) is 30.7 Å². The fraction of sp³-hybridized carbons (Fsp3) is 0.381. The zero-order valence-electron chi connectivity index (χ0n) is 16.7. The summed E-state index contributed by atoms with van der Waals surface area (Å²) in [6.45, 7) is 6.27. The van der Waals surface area contributed by atoms with Crippen LogP contribution in [0.5, 0.6) is 5.75 Å². The van der Waals surface area contributed by atoms with E-state index in [1.54, 1.807) is 0 Å². The molecule has 0 radical (unpaired) electrons. The van der Waals surface area contributed by atoms with E-state index < -0.39 is 0 Å². The molecule has 29 heavy (non-hydrogen) atoms. The van der Waals surface area contributed by atoms with E-state index >= 15 is 0 Å². The quantitative estimate of drug-likeness (QED) is 0.692. The number of hydrogen-bond acceptors (Lipinski definition) is 5. The van der Waals surface area contributed by atoms with Crippen LogP contribution in [0.1, 0.15) is 15.9 Å². The van der Waals surface area contributed by atoms with E-state index in [4.69, 9.17) is 10.5 Å². The van der Waals surface area contributed by atoms with Crippen LogP contribution < -0.4 is 15.8 Å². The third kappa shape index (κ3) is 7.84. The summed E-state index contributed by atoms with van der Waals surface area (Å²) in [6.07, 6.45) is 0. The molecule has 6 nitrogen and oxygen atoms in total. The molecule has 8 heteroatoms. The molecule has 160 valence electrons. The zero-order valence-corrected chi connectivity index (χ0v) is 18.3. The minimum Gasteiger partial charge on any atom is -0.492 e. The van der Waals surface area contributed by atoms with Crippen molar-refractivity contribution in [1.29, 1.82) is 0 Å². The summed E-state index contributed by atoms with van der Waals surface area (Å²) < 4.78 is 5.44. The Morgan fingerprint density at radius 1 is 1.00 bits per heavy atom. The molecule has 0 bridgehead atoms. The molecule has 1 saturated heterocycles. The number of nitrogens with one attached hydrogen (secondary N) is 1. The molecule has 3 rings (SSSR count). The third-order valence-electron chi connectivity index (χ3n) is 4.72. The van der Waals surface area contributed by atoms with E-state index in [9.17, 15) is 4.79 Å². The molecule has 2 aromatic rings. The fourth-order valence-corrected chi connectivity index (χ4v) is 3.04. The normalized spacial score (nSPS) is 14.4. The Balaban J connectivity index is 0.00000210. The number of rotatable bonds is 7. The van der Waals surface area contributed by atoms with Gasteiger partial charge in [-0.05, 0) is 49.0 Å². The molecule has 1 fully saturated rings. The summed E-state index contributed by atoms with van der Waals surface area (Å²) in [6, 6.07) is 15.2. The van der Waals surface area contributed by atoms with Crippen molar-refractivity contribution in [2.45, 2.75) is 6.54 Å². The van der Waals surface area contributed by atoms with Crippen LogP contribution in [0.2, 0.25) is 0 Å². The van der Waals surface area contributed by atoms with Gasteiger partial charge in [-0.3, -0.25) is 9.69 Å². The molecule has 0 atom stereocenters. The summed E-state index contributed by atoms with van der Waals surface area (Å²) in [5.41, 5.74) is 8.04. The van der Waals surface area contributed by atoms with Gasteiger partial charge in [0, 0.05) is 50.5 Å². The lowest BCUT2D eigenvalue weighted by atomic mass is 10.1. The highest BCUT2D eigenvalue weighted by molar-refractivity contribution is 6.04. The van der Waals surface area contributed by atoms with E-state index in [0.717, 1.165) is 44.2 Å². The second-order valence-electron chi connectivity index (χ2n) is 6.89. The number of anilines is 1. The number of amides is 1. The summed E-state index contributed by atoms with van der Waals surface area (Å²) in [4.78, 5) is 17.2. The number of carbonyl (C=O) groups excluding carboxylic acids is 1. The second-order valence-corrected chi connectivity index (χ2v) is 6.89. The number of benzene rings is 2. The lowest BCUT2D eigenvalue weighted by molar-refractivity contribution is 0.102. The standard InChI is InChI=1S/C21H28N4O2.2ClH/c1-24-11-13-25(14-12-24)16-17-2-4-18(5-3-17)21(26)23-19-6-8-20(9-7-19)27-15-10-22;;/h2-9H,10-16,22H2,1H3,(H,23,26);2*1H. The molecule has 2 aromatic carbocycles. The lowest BCUT2D eigenvalue weighted by Crippen LogP contribution is -2.43. The Morgan fingerprint density at radius 2 is 1.62 bits per heavy atom. The molecule has 3 N–H and O–H groups in total. The summed E-state index contributed by atoms with van der Waals surface area (Å²) in [7, 11) is 2.16. The van der Waals surface area contributed by atoms with E-state index in [2.05, 4.69) is 22.2 Å². The number of halogens is 2. The van der Waals surface area contributed by atoms with Crippen LogP contribution in [0.3, 0.4) is 0 Å². The number of carbonyl (C=O) groups is 1. The molecule has 1 aliphatic rings. The second kappa shape index (κ2) is 12.7. The predicted octanol–water partition coefficient (Wildman–Crippen LogP) is 2.87. The van der Waals surface area contributed by atoms with Gasteiger partial charge >= 0.3 is 0 Å². The van der Waals surface area contributed by atoms with Crippen molar-refractivity contribution < 1.29 is 9.53 Å². The average Bonchev–Trinajstić information content (AvgIpc) is 2.70. The molecule has 0 unspecified atom stereocenters. The van der Waals surface area contributed by atoms with Crippen molar-refractivity contribution in [2.75, 3.05) is 51.7 Å². The van der Waals surface area contributed by atoms with E-state index in [1.165, 1.54) is 5.56 Å². The van der Waals surface area contributed by atoms with Crippen LogP contribution >= 0.6 is 24.8 Å². The molecule has 0 saturated carbocycles. The van der Waals surface area contributed by atoms with Crippen molar-refractivity contribution in [3.05, 3.63) is 59.7 Å². The number of nitrogens with zero attached hydrogens (tertiary/aromatic N) is 2. The van der Waals surface area contributed by atoms with Crippen molar-refractivity contribution in [2.24, 2.45) is 5.73 Å². The Morgan fingerprint density at radius 3 is 2.21 bits per heavy atom. The minimum atomic E-state index is -0.114. The maximum atomic E-state index is 12.4. The smallest absolute Gasteiger partial charge is 0.255 e. The first-order chi connectivity index (χ1) is 13.1. The Hall–Kier alpha value is -1.83. The Bertz CT molecular complexity index is 733. The first kappa shape index (κ1) is 25.2. The number of hydrogen-bond donors (Lipinski definition) is 2. The van der Waals surface area contributed by atoms with Crippen molar-refractivity contribution in [1.82, 2.24) is 9.80 Å². The summed E-state index contributed by atoms with van der Waals surface area (Å²) in [5.74, 6) is 0.628. The van der Waals surface area contributed by atoms with Gasteiger partial charge < -0.3 is 20.7 Å². The molecular formula is C21H30Cl2N4O2. The number of nitrogens with two attached hydrogens (primary N) is 1. The van der Waals surface area contributed by atoms with Crippen LogP contribution in [-0.4, -0.2) is 62.1 Å². The monoisotopic (exact) mass is 440 g/mol. The largest absolute Gasteiger partial charge is 0.492 e. The van der Waals surface area contributed by atoms with Crippen molar-refractivity contribution >= 4 is 36.4 Å². The number of ether oxygens (including phenoxy) is 1.